The van der Waals surface area contributed by atoms with Crippen LogP contribution in [0.5, 0.6) is 0 Å². The Morgan fingerprint density at radius 2 is 1.82 bits per heavy atom. The van der Waals surface area contributed by atoms with Crippen LogP contribution in [0, 0.1) is 11.6 Å². The fourth-order valence-corrected chi connectivity index (χ4v) is 1.82. The highest BCUT2D eigenvalue weighted by molar-refractivity contribution is 5.92. The van der Waals surface area contributed by atoms with Gasteiger partial charge < -0.3 is 9.15 Å². The number of rotatable bonds is 3. The van der Waals surface area contributed by atoms with Crippen LogP contribution in [-0.4, -0.2) is 12.6 Å². The Morgan fingerprint density at radius 1 is 1.23 bits per heavy atom. The minimum absolute atomic E-state index is 0.162. The Balaban J connectivity index is 2.63. The van der Waals surface area contributed by atoms with Crippen molar-refractivity contribution in [2.24, 2.45) is 0 Å². The standard InChI is InChI=1S/C14H9F5O3/c1-2-21-13(20)7-6-10(22-12(7)14(17,18)19)11-8(15)4-3-5-9(11)16/h3-6H,2H2,1H3. The highest BCUT2D eigenvalue weighted by Gasteiger charge is 2.41. The number of ether oxygens (including phenoxy) is 1. The van der Waals surface area contributed by atoms with Gasteiger partial charge in [0.1, 0.15) is 23.0 Å². The summed E-state index contributed by atoms with van der Waals surface area (Å²) in [6, 6.07) is 3.38. The second-order valence-electron chi connectivity index (χ2n) is 4.17. The lowest BCUT2D eigenvalue weighted by Crippen LogP contribution is -2.12. The van der Waals surface area contributed by atoms with Crippen molar-refractivity contribution in [2.75, 3.05) is 6.61 Å². The molecule has 3 nitrogen and oxygen atoms in total. The number of halogens is 5. The highest BCUT2D eigenvalue weighted by atomic mass is 19.4. The number of alkyl halides is 3. The molecule has 0 atom stereocenters. The monoisotopic (exact) mass is 320 g/mol. The molecule has 0 saturated carbocycles. The Bertz CT molecular complexity index is 683. The van der Waals surface area contributed by atoms with Gasteiger partial charge in [0.15, 0.2) is 0 Å². The van der Waals surface area contributed by atoms with Crippen LogP contribution in [0.1, 0.15) is 23.0 Å². The average molecular weight is 320 g/mol. The summed E-state index contributed by atoms with van der Waals surface area (Å²) in [6.07, 6.45) is -5.01. The second kappa shape index (κ2) is 5.78. The molecule has 0 aliphatic heterocycles. The minimum atomic E-state index is -5.01. The van der Waals surface area contributed by atoms with Crippen LogP contribution in [0.2, 0.25) is 0 Å². The molecule has 0 saturated heterocycles. The predicted molar refractivity (Wildman–Crippen MR) is 65.0 cm³/mol. The smallest absolute Gasteiger partial charge is 0.450 e. The number of furan rings is 1. The number of hydrogen-bond donors (Lipinski definition) is 0. The van der Waals surface area contributed by atoms with E-state index in [1.54, 1.807) is 0 Å². The number of carbonyl (C=O) groups excluding carboxylic acids is 1. The van der Waals surface area contributed by atoms with Crippen molar-refractivity contribution < 1.29 is 35.9 Å². The molecule has 0 aliphatic carbocycles. The van der Waals surface area contributed by atoms with Gasteiger partial charge in [-0.3, -0.25) is 0 Å². The summed E-state index contributed by atoms with van der Waals surface area (Å²) in [5.74, 6) is -5.92. The topological polar surface area (TPSA) is 39.4 Å². The van der Waals surface area contributed by atoms with E-state index in [9.17, 15) is 26.7 Å². The second-order valence-corrected chi connectivity index (χ2v) is 4.17. The minimum Gasteiger partial charge on any atom is -0.462 e. The molecule has 0 N–H and O–H groups in total. The lowest BCUT2D eigenvalue weighted by molar-refractivity contribution is -0.153. The summed E-state index contributed by atoms with van der Waals surface area (Å²) < 4.78 is 74.9. The van der Waals surface area contributed by atoms with Gasteiger partial charge in [0, 0.05) is 0 Å². The summed E-state index contributed by atoms with van der Waals surface area (Å²) >= 11 is 0. The number of carbonyl (C=O) groups is 1. The van der Waals surface area contributed by atoms with E-state index >= 15 is 0 Å². The molecule has 118 valence electrons. The van der Waals surface area contributed by atoms with Gasteiger partial charge in [-0.2, -0.15) is 13.2 Å². The summed E-state index contributed by atoms with van der Waals surface area (Å²) in [4.78, 5) is 11.6. The van der Waals surface area contributed by atoms with E-state index in [0.717, 1.165) is 18.2 Å². The van der Waals surface area contributed by atoms with E-state index < -0.39 is 46.4 Å². The molecule has 2 rings (SSSR count). The van der Waals surface area contributed by atoms with Crippen molar-refractivity contribution in [3.05, 3.63) is 47.2 Å². The molecule has 0 bridgehead atoms. The number of benzene rings is 1. The maximum atomic E-state index is 13.6. The third kappa shape index (κ3) is 2.95. The van der Waals surface area contributed by atoms with Crippen LogP contribution in [-0.2, 0) is 10.9 Å². The van der Waals surface area contributed by atoms with Crippen LogP contribution in [0.4, 0.5) is 22.0 Å². The van der Waals surface area contributed by atoms with Gasteiger partial charge in [-0.15, -0.1) is 0 Å². The van der Waals surface area contributed by atoms with Crippen molar-refractivity contribution in [2.45, 2.75) is 13.1 Å². The van der Waals surface area contributed by atoms with Crippen molar-refractivity contribution in [1.82, 2.24) is 0 Å². The fourth-order valence-electron chi connectivity index (χ4n) is 1.82. The van der Waals surface area contributed by atoms with E-state index in [-0.39, 0.29) is 6.61 Å². The van der Waals surface area contributed by atoms with E-state index in [1.165, 1.54) is 6.92 Å². The third-order valence-electron chi connectivity index (χ3n) is 2.69. The zero-order chi connectivity index (χ0) is 16.5. The summed E-state index contributed by atoms with van der Waals surface area (Å²) in [6.45, 7) is 1.24. The molecule has 1 aromatic heterocycles. The molecule has 22 heavy (non-hydrogen) atoms. The zero-order valence-electron chi connectivity index (χ0n) is 11.1. The normalized spacial score (nSPS) is 11.5. The molecule has 0 radical (unpaired) electrons. The van der Waals surface area contributed by atoms with Gasteiger partial charge in [0.2, 0.25) is 5.76 Å². The SMILES string of the molecule is CCOC(=O)c1cc(-c2c(F)cccc2F)oc1C(F)(F)F. The summed E-state index contributed by atoms with van der Waals surface area (Å²) in [5.41, 5.74) is -1.73. The Hall–Kier alpha value is -2.38. The molecule has 0 fully saturated rings. The quantitative estimate of drug-likeness (QED) is 0.621. The zero-order valence-corrected chi connectivity index (χ0v) is 11.1. The first-order valence-electron chi connectivity index (χ1n) is 6.08. The predicted octanol–water partition coefficient (Wildman–Crippen LogP) is 4.42. The maximum Gasteiger partial charge on any atom is 0.450 e. The number of esters is 1. The van der Waals surface area contributed by atoms with Gasteiger partial charge in [0.05, 0.1) is 12.2 Å². The van der Waals surface area contributed by atoms with Crippen LogP contribution in [0.15, 0.2) is 28.7 Å². The largest absolute Gasteiger partial charge is 0.462 e. The van der Waals surface area contributed by atoms with Gasteiger partial charge in [-0.05, 0) is 25.1 Å². The molecule has 0 spiro atoms. The molecule has 0 amide bonds. The Labute approximate surface area is 121 Å². The Kier molecular flexibility index (Phi) is 4.20. The van der Waals surface area contributed by atoms with Gasteiger partial charge in [0.25, 0.3) is 0 Å². The molecular weight excluding hydrogens is 311 g/mol. The fraction of sp³-hybridized carbons (Fsp3) is 0.214. The molecule has 8 heteroatoms. The molecular formula is C14H9F5O3. The Morgan fingerprint density at radius 3 is 2.32 bits per heavy atom. The maximum absolute atomic E-state index is 13.6. The lowest BCUT2D eigenvalue weighted by Gasteiger charge is -2.05. The van der Waals surface area contributed by atoms with E-state index in [2.05, 4.69) is 9.15 Å². The highest BCUT2D eigenvalue weighted by Crippen LogP contribution is 2.38. The first-order valence-corrected chi connectivity index (χ1v) is 6.08. The van der Waals surface area contributed by atoms with E-state index in [1.807, 2.05) is 0 Å². The average Bonchev–Trinajstić information content (AvgIpc) is 2.83. The van der Waals surface area contributed by atoms with Crippen LogP contribution < -0.4 is 0 Å². The van der Waals surface area contributed by atoms with Crippen molar-refractivity contribution in [1.29, 1.82) is 0 Å². The summed E-state index contributed by atoms with van der Waals surface area (Å²) in [7, 11) is 0. The van der Waals surface area contributed by atoms with E-state index in [4.69, 9.17) is 0 Å². The third-order valence-corrected chi connectivity index (χ3v) is 2.69. The first-order chi connectivity index (χ1) is 10.3. The first kappa shape index (κ1) is 16.0. The molecule has 2 aromatic rings. The molecule has 0 unspecified atom stereocenters. The number of hydrogen-bond acceptors (Lipinski definition) is 3. The molecule has 0 aliphatic rings. The van der Waals surface area contributed by atoms with Gasteiger partial charge in [-0.1, -0.05) is 6.07 Å². The van der Waals surface area contributed by atoms with Gasteiger partial charge in [-0.25, -0.2) is 13.6 Å². The van der Waals surface area contributed by atoms with Crippen LogP contribution in [0.3, 0.4) is 0 Å². The lowest BCUT2D eigenvalue weighted by atomic mass is 10.1. The van der Waals surface area contributed by atoms with Crippen molar-refractivity contribution >= 4 is 5.97 Å². The van der Waals surface area contributed by atoms with E-state index in [0.29, 0.717) is 6.07 Å². The molecule has 1 aromatic carbocycles. The van der Waals surface area contributed by atoms with Crippen LogP contribution >= 0.6 is 0 Å². The van der Waals surface area contributed by atoms with Crippen molar-refractivity contribution in [3.63, 3.8) is 0 Å². The van der Waals surface area contributed by atoms with Crippen molar-refractivity contribution in [3.8, 4) is 11.3 Å². The molecule has 1 heterocycles. The van der Waals surface area contributed by atoms with Gasteiger partial charge >= 0.3 is 12.1 Å². The van der Waals surface area contributed by atoms with Crippen LogP contribution in [0.25, 0.3) is 11.3 Å². The summed E-state index contributed by atoms with van der Waals surface area (Å²) in [5, 5.41) is 0.